The number of piperazine rings is 1. The molecule has 3 aliphatic heterocycles. The van der Waals surface area contributed by atoms with Crippen LogP contribution in [0.3, 0.4) is 0 Å². The van der Waals surface area contributed by atoms with Crippen LogP contribution in [0.5, 0.6) is 0 Å². The zero-order chi connectivity index (χ0) is 16.8. The number of amides is 1. The summed E-state index contributed by atoms with van der Waals surface area (Å²) < 4.78 is 14.1. The molecule has 4 rings (SSSR count). The van der Waals surface area contributed by atoms with Crippen molar-refractivity contribution in [1.29, 1.82) is 0 Å². The number of benzene rings is 1. The minimum atomic E-state index is -1.18. The van der Waals surface area contributed by atoms with Crippen molar-refractivity contribution in [3.63, 3.8) is 0 Å². The molecule has 3 N–H and O–H groups in total. The summed E-state index contributed by atoms with van der Waals surface area (Å²) in [5.41, 5.74) is 3.49. The number of carboxylic acid groups (broad SMARTS) is 1. The smallest absolute Gasteiger partial charge is 0.407 e. The topological polar surface area (TPSA) is 67.8 Å². The van der Waals surface area contributed by atoms with E-state index in [0.717, 1.165) is 30.2 Å². The molecule has 0 aromatic heterocycles. The first-order valence-electron chi connectivity index (χ1n) is 8.50. The van der Waals surface area contributed by atoms with Gasteiger partial charge in [-0.05, 0) is 30.2 Å². The molecule has 2 saturated heterocycles. The van der Waals surface area contributed by atoms with E-state index < -0.39 is 18.3 Å². The van der Waals surface area contributed by atoms with Gasteiger partial charge in [-0.15, -0.1) is 0 Å². The molecule has 0 unspecified atom stereocenters. The summed E-state index contributed by atoms with van der Waals surface area (Å²) in [5, 5.41) is 15.7. The number of fused-ring (bicyclic) bond motifs is 3. The summed E-state index contributed by atoms with van der Waals surface area (Å²) >= 11 is 0. The fourth-order valence-corrected chi connectivity index (χ4v) is 4.15. The van der Waals surface area contributed by atoms with E-state index in [4.69, 9.17) is 5.11 Å². The highest BCUT2D eigenvalue weighted by Gasteiger charge is 2.37. The first-order chi connectivity index (χ1) is 11.5. The predicted octanol–water partition coefficient (Wildman–Crippen LogP) is 1.65. The van der Waals surface area contributed by atoms with Gasteiger partial charge in [0.1, 0.15) is 6.17 Å². The van der Waals surface area contributed by atoms with Crippen molar-refractivity contribution in [2.45, 2.75) is 37.8 Å². The van der Waals surface area contributed by atoms with Crippen LogP contribution in [0.25, 0.3) is 0 Å². The van der Waals surface area contributed by atoms with E-state index in [-0.39, 0.29) is 13.1 Å². The maximum atomic E-state index is 14.1. The number of hydrogen-bond acceptors (Lipinski definition) is 4. The van der Waals surface area contributed by atoms with E-state index in [1.54, 1.807) is 0 Å². The van der Waals surface area contributed by atoms with Gasteiger partial charge in [0.05, 0.1) is 12.6 Å². The van der Waals surface area contributed by atoms with Gasteiger partial charge < -0.3 is 20.6 Å². The standard InChI is InChI=1S/C17H23FN4O2/c1-10-5-19-6-16-13-3-2-12(4-11(13)7-22(10)16)20-15-9-21(17(23)24)8-14(15)18/h2-4,10,14-16,19-20H,5-9H2,1H3,(H,23,24)/t10-,14-,15+,16-/m1/s1. The Morgan fingerprint density at radius 1 is 1.38 bits per heavy atom. The lowest BCUT2D eigenvalue weighted by Crippen LogP contribution is -2.48. The SMILES string of the molecule is C[C@@H]1CNC[C@@H]2c3ccc(N[C@H]4CN(C(=O)O)C[C@H]4F)cc3CN12. The third-order valence-corrected chi connectivity index (χ3v) is 5.47. The molecule has 1 aromatic carbocycles. The number of nitrogens with zero attached hydrogens (tertiary/aromatic N) is 2. The predicted molar refractivity (Wildman–Crippen MR) is 89.0 cm³/mol. The van der Waals surface area contributed by atoms with E-state index in [9.17, 15) is 9.18 Å². The lowest BCUT2D eigenvalue weighted by molar-refractivity contribution is 0.119. The molecule has 3 heterocycles. The highest BCUT2D eigenvalue weighted by Crippen LogP contribution is 2.37. The molecule has 3 aliphatic rings. The molecule has 1 aromatic rings. The van der Waals surface area contributed by atoms with Gasteiger partial charge in [0.25, 0.3) is 0 Å². The second-order valence-corrected chi connectivity index (χ2v) is 7.06. The van der Waals surface area contributed by atoms with Gasteiger partial charge >= 0.3 is 6.09 Å². The summed E-state index contributed by atoms with van der Waals surface area (Å²) in [6.45, 7) is 5.25. The zero-order valence-electron chi connectivity index (χ0n) is 13.7. The third kappa shape index (κ3) is 2.61. The largest absolute Gasteiger partial charge is 0.465 e. The molecule has 130 valence electrons. The van der Waals surface area contributed by atoms with Crippen LogP contribution in [0.4, 0.5) is 14.9 Å². The second-order valence-electron chi connectivity index (χ2n) is 7.06. The average Bonchev–Trinajstić information content (AvgIpc) is 3.09. The third-order valence-electron chi connectivity index (χ3n) is 5.47. The number of halogens is 1. The Bertz CT molecular complexity index is 655. The Morgan fingerprint density at radius 2 is 2.21 bits per heavy atom. The fraction of sp³-hybridized carbons (Fsp3) is 0.588. The lowest BCUT2D eigenvalue weighted by atomic mass is 10.0. The maximum Gasteiger partial charge on any atom is 0.407 e. The van der Waals surface area contributed by atoms with Crippen LogP contribution in [0.1, 0.15) is 24.1 Å². The number of nitrogens with one attached hydrogen (secondary N) is 2. The molecule has 1 amide bonds. The number of anilines is 1. The molecule has 4 atom stereocenters. The highest BCUT2D eigenvalue weighted by atomic mass is 19.1. The first kappa shape index (κ1) is 15.7. The van der Waals surface area contributed by atoms with E-state index in [2.05, 4.69) is 34.6 Å². The Labute approximate surface area is 140 Å². The molecule has 0 spiro atoms. The van der Waals surface area contributed by atoms with Gasteiger partial charge in [-0.25, -0.2) is 9.18 Å². The van der Waals surface area contributed by atoms with E-state index in [1.165, 1.54) is 11.1 Å². The quantitative estimate of drug-likeness (QED) is 0.767. The van der Waals surface area contributed by atoms with Gasteiger partial charge in [-0.1, -0.05) is 6.07 Å². The number of hydrogen-bond donors (Lipinski definition) is 3. The van der Waals surface area contributed by atoms with Crippen LogP contribution in [0, 0.1) is 0 Å². The summed E-state index contributed by atoms with van der Waals surface area (Å²) in [6, 6.07) is 6.64. The highest BCUT2D eigenvalue weighted by molar-refractivity contribution is 5.66. The summed E-state index contributed by atoms with van der Waals surface area (Å²) in [7, 11) is 0. The molecule has 0 bridgehead atoms. The fourth-order valence-electron chi connectivity index (χ4n) is 4.15. The first-order valence-corrected chi connectivity index (χ1v) is 8.50. The summed E-state index contributed by atoms with van der Waals surface area (Å²) in [5.74, 6) is 0. The summed E-state index contributed by atoms with van der Waals surface area (Å²) in [4.78, 5) is 14.6. The van der Waals surface area contributed by atoms with Gasteiger partial charge in [-0.3, -0.25) is 4.90 Å². The zero-order valence-corrected chi connectivity index (χ0v) is 13.7. The van der Waals surface area contributed by atoms with Crippen molar-refractivity contribution in [3.8, 4) is 0 Å². The molecule has 6 nitrogen and oxygen atoms in total. The Kier molecular flexibility index (Phi) is 3.85. The van der Waals surface area contributed by atoms with E-state index in [0.29, 0.717) is 12.1 Å². The normalized spacial score (nSPS) is 32.5. The van der Waals surface area contributed by atoms with Crippen molar-refractivity contribution < 1.29 is 14.3 Å². The number of carbonyl (C=O) groups is 1. The van der Waals surface area contributed by atoms with Crippen LogP contribution in [0.15, 0.2) is 18.2 Å². The van der Waals surface area contributed by atoms with E-state index >= 15 is 0 Å². The monoisotopic (exact) mass is 334 g/mol. The molecule has 24 heavy (non-hydrogen) atoms. The Morgan fingerprint density at radius 3 is 2.96 bits per heavy atom. The van der Waals surface area contributed by atoms with Crippen molar-refractivity contribution in [3.05, 3.63) is 29.3 Å². The van der Waals surface area contributed by atoms with Gasteiger partial charge in [0.15, 0.2) is 0 Å². The number of alkyl halides is 1. The molecular weight excluding hydrogens is 311 g/mol. The molecule has 2 fully saturated rings. The number of rotatable bonds is 2. The van der Waals surface area contributed by atoms with Gasteiger partial charge in [0.2, 0.25) is 0 Å². The maximum absolute atomic E-state index is 14.1. The van der Waals surface area contributed by atoms with Crippen LogP contribution in [0.2, 0.25) is 0 Å². The molecule has 0 radical (unpaired) electrons. The van der Waals surface area contributed by atoms with Crippen LogP contribution < -0.4 is 10.6 Å². The van der Waals surface area contributed by atoms with Crippen LogP contribution in [-0.2, 0) is 6.54 Å². The molecular formula is C17H23FN4O2. The molecule has 0 saturated carbocycles. The van der Waals surface area contributed by atoms with Crippen LogP contribution >= 0.6 is 0 Å². The Balaban J connectivity index is 1.49. The molecule has 0 aliphatic carbocycles. The van der Waals surface area contributed by atoms with Crippen molar-refractivity contribution >= 4 is 11.8 Å². The molecule has 7 heteroatoms. The number of likely N-dealkylation sites (tertiary alicyclic amines) is 1. The van der Waals surface area contributed by atoms with E-state index in [1.807, 2.05) is 6.07 Å². The summed E-state index contributed by atoms with van der Waals surface area (Å²) in [6.07, 6.45) is -2.24. The minimum Gasteiger partial charge on any atom is -0.465 e. The second kappa shape index (κ2) is 5.89. The minimum absolute atomic E-state index is 0.0586. The van der Waals surface area contributed by atoms with Gasteiger partial charge in [-0.2, -0.15) is 0 Å². The van der Waals surface area contributed by atoms with Gasteiger partial charge in [0, 0.05) is 44.0 Å². The average molecular weight is 334 g/mol. The van der Waals surface area contributed by atoms with Crippen molar-refractivity contribution in [2.75, 3.05) is 31.5 Å². The Hall–Kier alpha value is -1.86. The lowest BCUT2D eigenvalue weighted by Gasteiger charge is -2.36. The van der Waals surface area contributed by atoms with Crippen molar-refractivity contribution in [2.24, 2.45) is 0 Å². The van der Waals surface area contributed by atoms with Crippen molar-refractivity contribution in [1.82, 2.24) is 15.1 Å². The van der Waals surface area contributed by atoms with Crippen LogP contribution in [-0.4, -0.2) is 65.4 Å².